The Morgan fingerprint density at radius 3 is 2.42 bits per heavy atom. The van der Waals surface area contributed by atoms with E-state index >= 15 is 0 Å². The maximum Gasteiger partial charge on any atom is 0.222 e. The summed E-state index contributed by atoms with van der Waals surface area (Å²) >= 11 is 0. The normalized spacial score (nSPS) is 23.3. The predicted molar refractivity (Wildman–Crippen MR) is 73.4 cm³/mol. The minimum atomic E-state index is -0.274. The minimum absolute atomic E-state index is 0.0442. The van der Waals surface area contributed by atoms with Crippen molar-refractivity contribution in [2.45, 2.75) is 64.5 Å². The third-order valence-electron chi connectivity index (χ3n) is 3.47. The number of rotatable bonds is 7. The fourth-order valence-electron chi connectivity index (χ4n) is 2.24. The first kappa shape index (κ1) is 16.0. The van der Waals surface area contributed by atoms with Crippen LogP contribution in [-0.4, -0.2) is 30.6 Å². The molecule has 0 bridgehead atoms. The summed E-state index contributed by atoms with van der Waals surface area (Å²) in [6.45, 7) is 4.41. The minimum Gasteiger partial charge on any atom is -0.378 e. The highest BCUT2D eigenvalue weighted by Crippen LogP contribution is 2.21. The van der Waals surface area contributed by atoms with Gasteiger partial charge in [-0.3, -0.25) is 9.59 Å². The molecular formula is C14H26N2O3. The summed E-state index contributed by atoms with van der Waals surface area (Å²) in [6, 6.07) is 0.292. The summed E-state index contributed by atoms with van der Waals surface area (Å²) in [6.07, 6.45) is 5.23. The van der Waals surface area contributed by atoms with E-state index in [1.807, 2.05) is 13.8 Å². The second-order valence-corrected chi connectivity index (χ2v) is 5.58. The summed E-state index contributed by atoms with van der Waals surface area (Å²) < 4.78 is 5.71. The van der Waals surface area contributed by atoms with Crippen molar-refractivity contribution in [1.29, 1.82) is 0 Å². The molecule has 1 saturated carbocycles. The van der Waals surface area contributed by atoms with Crippen LogP contribution in [0.2, 0.25) is 0 Å². The molecule has 5 heteroatoms. The Morgan fingerprint density at radius 1 is 1.26 bits per heavy atom. The summed E-state index contributed by atoms with van der Waals surface area (Å²) in [5, 5.41) is 3.07. The van der Waals surface area contributed by atoms with Gasteiger partial charge in [0, 0.05) is 25.0 Å². The molecule has 0 aliphatic heterocycles. The van der Waals surface area contributed by atoms with E-state index in [-0.39, 0.29) is 23.8 Å². The van der Waals surface area contributed by atoms with Gasteiger partial charge in [0.2, 0.25) is 11.8 Å². The molecule has 0 aromatic heterocycles. The van der Waals surface area contributed by atoms with Crippen LogP contribution in [-0.2, 0) is 14.3 Å². The Hall–Kier alpha value is -1.10. The van der Waals surface area contributed by atoms with Gasteiger partial charge in [-0.05, 0) is 32.1 Å². The Labute approximate surface area is 115 Å². The smallest absolute Gasteiger partial charge is 0.222 e. The van der Waals surface area contributed by atoms with Crippen molar-refractivity contribution in [3.05, 3.63) is 0 Å². The predicted octanol–water partition coefficient (Wildman–Crippen LogP) is 1.35. The molecule has 0 aromatic carbocycles. The lowest BCUT2D eigenvalue weighted by Gasteiger charge is -2.29. The van der Waals surface area contributed by atoms with Crippen LogP contribution in [0.3, 0.4) is 0 Å². The Kier molecular flexibility index (Phi) is 6.84. The van der Waals surface area contributed by atoms with E-state index in [1.165, 1.54) is 0 Å². The van der Waals surface area contributed by atoms with Crippen LogP contribution in [0.4, 0.5) is 0 Å². The average molecular weight is 270 g/mol. The molecule has 1 aliphatic rings. The van der Waals surface area contributed by atoms with Gasteiger partial charge in [0.15, 0.2) is 0 Å². The number of carbonyl (C=O) groups is 2. The number of hydrogen-bond donors (Lipinski definition) is 2. The number of nitrogens with two attached hydrogens (primary N) is 1. The van der Waals surface area contributed by atoms with Crippen molar-refractivity contribution in [3.63, 3.8) is 0 Å². The Morgan fingerprint density at radius 2 is 1.89 bits per heavy atom. The zero-order valence-corrected chi connectivity index (χ0v) is 12.0. The first-order valence-electron chi connectivity index (χ1n) is 7.19. The maximum atomic E-state index is 11.6. The van der Waals surface area contributed by atoms with Gasteiger partial charge in [0.25, 0.3) is 0 Å². The van der Waals surface area contributed by atoms with E-state index in [1.54, 1.807) is 0 Å². The van der Waals surface area contributed by atoms with E-state index in [0.29, 0.717) is 25.5 Å². The van der Waals surface area contributed by atoms with Crippen LogP contribution in [0, 0.1) is 5.92 Å². The summed E-state index contributed by atoms with van der Waals surface area (Å²) in [4.78, 5) is 22.2. The lowest BCUT2D eigenvalue weighted by atomic mass is 9.92. The molecule has 0 heterocycles. The zero-order chi connectivity index (χ0) is 14.3. The monoisotopic (exact) mass is 270 g/mol. The molecule has 3 N–H and O–H groups in total. The third-order valence-corrected chi connectivity index (χ3v) is 3.47. The first-order chi connectivity index (χ1) is 8.99. The quantitative estimate of drug-likeness (QED) is 0.685. The average Bonchev–Trinajstić information content (AvgIpc) is 2.36. The van der Waals surface area contributed by atoms with Gasteiger partial charge in [-0.1, -0.05) is 13.8 Å². The van der Waals surface area contributed by atoms with E-state index in [2.05, 4.69) is 5.32 Å². The van der Waals surface area contributed by atoms with Crippen molar-refractivity contribution in [3.8, 4) is 0 Å². The fraction of sp³-hybridized carbons (Fsp3) is 0.857. The van der Waals surface area contributed by atoms with Crippen LogP contribution in [0.15, 0.2) is 0 Å². The number of amides is 2. The standard InChI is InChI=1S/C14H26N2O3/c1-10(2)14(18)16-11-5-7-12(8-6-11)19-9-3-4-13(15)17/h10-12H,3-9H2,1-2H3,(H2,15,17)(H,16,18). The maximum absolute atomic E-state index is 11.6. The van der Waals surface area contributed by atoms with Gasteiger partial charge in [-0.25, -0.2) is 0 Å². The second-order valence-electron chi connectivity index (χ2n) is 5.58. The molecule has 1 rings (SSSR count). The largest absolute Gasteiger partial charge is 0.378 e. The molecule has 1 fully saturated rings. The molecule has 0 atom stereocenters. The zero-order valence-electron chi connectivity index (χ0n) is 12.0. The van der Waals surface area contributed by atoms with Crippen LogP contribution < -0.4 is 11.1 Å². The number of primary amides is 1. The number of ether oxygens (including phenoxy) is 1. The van der Waals surface area contributed by atoms with E-state index in [4.69, 9.17) is 10.5 Å². The molecular weight excluding hydrogens is 244 g/mol. The molecule has 0 radical (unpaired) electrons. The second kappa shape index (κ2) is 8.15. The summed E-state index contributed by atoms with van der Waals surface area (Å²) in [5.74, 6) is -0.0997. The van der Waals surface area contributed by atoms with Gasteiger partial charge >= 0.3 is 0 Å². The summed E-state index contributed by atoms with van der Waals surface area (Å²) in [7, 11) is 0. The van der Waals surface area contributed by atoms with Gasteiger partial charge < -0.3 is 15.8 Å². The van der Waals surface area contributed by atoms with Crippen LogP contribution >= 0.6 is 0 Å². The van der Waals surface area contributed by atoms with Crippen LogP contribution in [0.25, 0.3) is 0 Å². The Bertz CT molecular complexity index is 297. The van der Waals surface area contributed by atoms with Crippen LogP contribution in [0.5, 0.6) is 0 Å². The molecule has 0 aromatic rings. The molecule has 110 valence electrons. The van der Waals surface area contributed by atoms with Crippen LogP contribution in [0.1, 0.15) is 52.4 Å². The topological polar surface area (TPSA) is 81.4 Å². The third kappa shape index (κ3) is 6.57. The molecule has 1 aliphatic carbocycles. The molecule has 5 nitrogen and oxygen atoms in total. The molecule has 0 unspecified atom stereocenters. The summed E-state index contributed by atoms with van der Waals surface area (Å²) in [5.41, 5.74) is 5.07. The SMILES string of the molecule is CC(C)C(=O)NC1CCC(OCCCC(N)=O)CC1. The number of hydrogen-bond acceptors (Lipinski definition) is 3. The highest BCUT2D eigenvalue weighted by molar-refractivity contribution is 5.78. The van der Waals surface area contributed by atoms with Crippen molar-refractivity contribution >= 4 is 11.8 Å². The van der Waals surface area contributed by atoms with Gasteiger partial charge in [-0.15, -0.1) is 0 Å². The van der Waals surface area contributed by atoms with Crippen molar-refractivity contribution in [2.24, 2.45) is 11.7 Å². The molecule has 0 spiro atoms. The Balaban J connectivity index is 2.11. The number of nitrogens with one attached hydrogen (secondary N) is 1. The van der Waals surface area contributed by atoms with Crippen molar-refractivity contribution in [2.75, 3.05) is 6.61 Å². The van der Waals surface area contributed by atoms with Crippen molar-refractivity contribution in [1.82, 2.24) is 5.32 Å². The lowest BCUT2D eigenvalue weighted by molar-refractivity contribution is -0.125. The number of carbonyl (C=O) groups excluding carboxylic acids is 2. The first-order valence-corrected chi connectivity index (χ1v) is 7.19. The van der Waals surface area contributed by atoms with E-state index in [9.17, 15) is 9.59 Å². The van der Waals surface area contributed by atoms with E-state index < -0.39 is 0 Å². The lowest BCUT2D eigenvalue weighted by Crippen LogP contribution is -2.40. The van der Waals surface area contributed by atoms with E-state index in [0.717, 1.165) is 25.7 Å². The molecule has 0 saturated heterocycles. The molecule has 2 amide bonds. The highest BCUT2D eigenvalue weighted by atomic mass is 16.5. The molecule has 19 heavy (non-hydrogen) atoms. The van der Waals surface area contributed by atoms with Gasteiger partial charge in [0.05, 0.1) is 6.10 Å². The highest BCUT2D eigenvalue weighted by Gasteiger charge is 2.23. The van der Waals surface area contributed by atoms with Gasteiger partial charge in [0.1, 0.15) is 0 Å². The van der Waals surface area contributed by atoms with Gasteiger partial charge in [-0.2, -0.15) is 0 Å². The van der Waals surface area contributed by atoms with Crippen molar-refractivity contribution < 1.29 is 14.3 Å². The fourth-order valence-corrected chi connectivity index (χ4v) is 2.24.